The van der Waals surface area contributed by atoms with Gasteiger partial charge in [0.25, 0.3) is 0 Å². The van der Waals surface area contributed by atoms with Gasteiger partial charge in [-0.1, -0.05) is 30.3 Å². The highest BCUT2D eigenvalue weighted by atomic mass is 79.9. The molecule has 4 aliphatic carbocycles. The second kappa shape index (κ2) is 8.60. The van der Waals surface area contributed by atoms with E-state index in [0.29, 0.717) is 18.1 Å². The average Bonchev–Trinajstić information content (AvgIpc) is 2.71. The van der Waals surface area contributed by atoms with Gasteiger partial charge in [0.2, 0.25) is 0 Å². The number of rotatable bonds is 7. The molecule has 0 saturated heterocycles. The lowest BCUT2D eigenvalue weighted by molar-refractivity contribution is -0.0706. The zero-order valence-electron chi connectivity index (χ0n) is 17.7. The lowest BCUT2D eigenvalue weighted by atomic mass is 9.48. The molecule has 1 unspecified atom stereocenters. The van der Waals surface area contributed by atoms with Crippen LogP contribution in [0.15, 0.2) is 51.4 Å². The molecule has 1 N–H and O–H groups in total. The summed E-state index contributed by atoms with van der Waals surface area (Å²) in [6.45, 7) is 3.91. The van der Waals surface area contributed by atoms with E-state index in [4.69, 9.17) is 4.74 Å². The normalized spacial score (nSPS) is 30.4. The fourth-order valence-corrected chi connectivity index (χ4v) is 8.29. The molecule has 4 heteroatoms. The highest BCUT2D eigenvalue weighted by molar-refractivity contribution is 9.11. The van der Waals surface area contributed by atoms with Crippen LogP contribution in [0.2, 0.25) is 0 Å². The Labute approximate surface area is 197 Å². The first-order chi connectivity index (χ1) is 14.5. The van der Waals surface area contributed by atoms with Crippen LogP contribution < -0.4 is 10.1 Å². The monoisotopic (exact) mass is 531 g/mol. The van der Waals surface area contributed by atoms with Gasteiger partial charge in [-0.05, 0) is 124 Å². The van der Waals surface area contributed by atoms with Gasteiger partial charge in [0.15, 0.2) is 0 Å². The van der Waals surface area contributed by atoms with E-state index in [-0.39, 0.29) is 0 Å². The third-order valence-electron chi connectivity index (χ3n) is 7.90. The van der Waals surface area contributed by atoms with E-state index in [0.717, 1.165) is 39.0 Å². The summed E-state index contributed by atoms with van der Waals surface area (Å²) >= 11 is 7.45. The van der Waals surface area contributed by atoms with Gasteiger partial charge in [-0.25, -0.2) is 0 Å². The molecule has 0 spiro atoms. The summed E-state index contributed by atoms with van der Waals surface area (Å²) in [6.07, 6.45) is 8.88. The molecule has 0 heterocycles. The standard InChI is InChI=1S/C26H31Br2NO/c1-17(26-12-19-7-20(13-26)9-21(8-19)14-26)29-15-22-10-23(27)25(24(28)11-22)30-16-18-5-3-2-4-6-18/h2-6,10-11,17,19-21,29H,7-9,12-16H2,1H3. The van der Waals surface area contributed by atoms with Gasteiger partial charge < -0.3 is 10.1 Å². The molecule has 4 saturated carbocycles. The molecule has 2 aromatic rings. The van der Waals surface area contributed by atoms with Crippen LogP contribution in [0.4, 0.5) is 0 Å². The van der Waals surface area contributed by atoms with Crippen molar-refractivity contribution in [1.82, 2.24) is 5.32 Å². The van der Waals surface area contributed by atoms with E-state index >= 15 is 0 Å². The summed E-state index contributed by atoms with van der Waals surface area (Å²) in [5, 5.41) is 3.91. The quantitative estimate of drug-likeness (QED) is 0.399. The molecule has 0 aliphatic heterocycles. The number of hydrogen-bond donors (Lipinski definition) is 1. The highest BCUT2D eigenvalue weighted by Gasteiger charge is 2.52. The van der Waals surface area contributed by atoms with Crippen LogP contribution in [-0.4, -0.2) is 6.04 Å². The van der Waals surface area contributed by atoms with Crippen LogP contribution in [-0.2, 0) is 13.2 Å². The highest BCUT2D eigenvalue weighted by Crippen LogP contribution is 2.61. The predicted molar refractivity (Wildman–Crippen MR) is 130 cm³/mol. The Hall–Kier alpha value is -0.840. The van der Waals surface area contributed by atoms with Crippen molar-refractivity contribution < 1.29 is 4.74 Å². The molecule has 1 atom stereocenters. The minimum atomic E-state index is 0.544. The van der Waals surface area contributed by atoms with Crippen molar-refractivity contribution in [2.45, 2.75) is 64.6 Å². The molecule has 2 aromatic carbocycles. The Balaban J connectivity index is 1.22. The van der Waals surface area contributed by atoms with Crippen LogP contribution in [0.1, 0.15) is 56.6 Å². The molecule has 4 bridgehead atoms. The van der Waals surface area contributed by atoms with Crippen molar-refractivity contribution in [2.24, 2.45) is 23.2 Å². The summed E-state index contributed by atoms with van der Waals surface area (Å²) in [5.74, 6) is 3.89. The second-order valence-electron chi connectivity index (χ2n) is 10.0. The summed E-state index contributed by atoms with van der Waals surface area (Å²) in [4.78, 5) is 0. The van der Waals surface area contributed by atoms with Crippen LogP contribution in [0, 0.1) is 23.2 Å². The van der Waals surface area contributed by atoms with Gasteiger partial charge in [-0.15, -0.1) is 0 Å². The number of ether oxygens (including phenoxy) is 1. The van der Waals surface area contributed by atoms with Gasteiger partial charge in [0, 0.05) is 12.6 Å². The van der Waals surface area contributed by atoms with E-state index in [1.165, 1.54) is 49.7 Å². The third-order valence-corrected chi connectivity index (χ3v) is 9.08. The fraction of sp³-hybridized carbons (Fsp3) is 0.538. The zero-order chi connectivity index (χ0) is 20.7. The van der Waals surface area contributed by atoms with E-state index in [1.54, 1.807) is 0 Å². The average molecular weight is 533 g/mol. The Morgan fingerprint density at radius 3 is 2.07 bits per heavy atom. The van der Waals surface area contributed by atoms with Crippen LogP contribution in [0.25, 0.3) is 0 Å². The van der Waals surface area contributed by atoms with Gasteiger partial charge in [-0.3, -0.25) is 0 Å². The lowest BCUT2D eigenvalue weighted by Gasteiger charge is -2.59. The maximum Gasteiger partial charge on any atom is 0.148 e. The third kappa shape index (κ3) is 4.25. The van der Waals surface area contributed by atoms with E-state index in [9.17, 15) is 0 Å². The fourth-order valence-electron chi connectivity index (χ4n) is 6.78. The minimum Gasteiger partial charge on any atom is -0.487 e. The largest absolute Gasteiger partial charge is 0.487 e. The van der Waals surface area contributed by atoms with Crippen molar-refractivity contribution >= 4 is 31.9 Å². The molecular weight excluding hydrogens is 502 g/mol. The van der Waals surface area contributed by atoms with Crippen molar-refractivity contribution in [3.63, 3.8) is 0 Å². The van der Waals surface area contributed by atoms with Crippen molar-refractivity contribution in [3.05, 3.63) is 62.5 Å². The first kappa shape index (κ1) is 21.0. The predicted octanol–water partition coefficient (Wildman–Crippen LogP) is 7.49. The lowest BCUT2D eigenvalue weighted by Crippen LogP contribution is -2.54. The molecule has 4 fully saturated rings. The van der Waals surface area contributed by atoms with Crippen LogP contribution in [0.3, 0.4) is 0 Å². The maximum atomic E-state index is 6.08. The SMILES string of the molecule is CC(NCc1cc(Br)c(OCc2ccccc2)c(Br)c1)C12CC3CC(CC(C3)C1)C2. The molecule has 4 aliphatic rings. The van der Waals surface area contributed by atoms with Gasteiger partial charge >= 0.3 is 0 Å². The summed E-state index contributed by atoms with van der Waals surface area (Å²) in [7, 11) is 0. The number of nitrogens with one attached hydrogen (secondary N) is 1. The molecule has 6 rings (SSSR count). The number of hydrogen-bond acceptors (Lipinski definition) is 2. The number of benzene rings is 2. The topological polar surface area (TPSA) is 21.3 Å². The second-order valence-corrected chi connectivity index (χ2v) is 11.8. The number of halogens is 2. The molecule has 30 heavy (non-hydrogen) atoms. The Kier molecular flexibility index (Phi) is 6.03. The molecular formula is C26H31Br2NO. The first-order valence-electron chi connectivity index (χ1n) is 11.4. The first-order valence-corrected chi connectivity index (χ1v) is 13.0. The van der Waals surface area contributed by atoms with E-state index in [1.807, 2.05) is 18.2 Å². The summed E-state index contributed by atoms with van der Waals surface area (Å²) in [6, 6.07) is 15.3. The van der Waals surface area contributed by atoms with Crippen molar-refractivity contribution in [2.75, 3.05) is 0 Å². The van der Waals surface area contributed by atoms with Gasteiger partial charge in [0.05, 0.1) is 8.95 Å². The van der Waals surface area contributed by atoms with Gasteiger partial charge in [0.1, 0.15) is 12.4 Å². The molecule has 0 radical (unpaired) electrons. The molecule has 2 nitrogen and oxygen atoms in total. The molecule has 0 aromatic heterocycles. The van der Waals surface area contributed by atoms with Crippen molar-refractivity contribution in [3.8, 4) is 5.75 Å². The van der Waals surface area contributed by atoms with Crippen molar-refractivity contribution in [1.29, 1.82) is 0 Å². The Morgan fingerprint density at radius 2 is 1.50 bits per heavy atom. The van der Waals surface area contributed by atoms with Crippen LogP contribution in [0.5, 0.6) is 5.75 Å². The zero-order valence-corrected chi connectivity index (χ0v) is 20.8. The van der Waals surface area contributed by atoms with E-state index < -0.39 is 0 Å². The van der Waals surface area contributed by atoms with Gasteiger partial charge in [-0.2, -0.15) is 0 Å². The Morgan fingerprint density at radius 1 is 0.933 bits per heavy atom. The Bertz CT molecular complexity index is 839. The minimum absolute atomic E-state index is 0.544. The maximum absolute atomic E-state index is 6.08. The summed E-state index contributed by atoms with van der Waals surface area (Å²) < 4.78 is 8.10. The smallest absolute Gasteiger partial charge is 0.148 e. The van der Waals surface area contributed by atoms with Crippen LogP contribution >= 0.6 is 31.9 Å². The summed E-state index contributed by atoms with van der Waals surface area (Å²) in [5.41, 5.74) is 3.01. The molecule has 160 valence electrons. The molecule has 0 amide bonds. The van der Waals surface area contributed by atoms with E-state index in [2.05, 4.69) is 68.4 Å².